The van der Waals surface area contributed by atoms with Gasteiger partial charge in [-0.3, -0.25) is 4.98 Å². The van der Waals surface area contributed by atoms with E-state index in [9.17, 15) is 8.78 Å². The standard InChI is InChI=1S/C16H18F2N2/c1-4-20-16(12-7-13(17)9-19-8-12)15-11(3)5-10(2)6-14(15)18/h5-9,16,20H,4H2,1-3H3. The van der Waals surface area contributed by atoms with Crippen molar-refractivity contribution in [3.05, 3.63) is 64.5 Å². The molecule has 0 saturated carbocycles. The molecule has 0 fully saturated rings. The van der Waals surface area contributed by atoms with Gasteiger partial charge in [-0.2, -0.15) is 0 Å². The van der Waals surface area contributed by atoms with Gasteiger partial charge in [-0.1, -0.05) is 13.0 Å². The number of hydrogen-bond acceptors (Lipinski definition) is 2. The highest BCUT2D eigenvalue weighted by Gasteiger charge is 2.20. The lowest BCUT2D eigenvalue weighted by atomic mass is 9.94. The minimum atomic E-state index is -0.421. The van der Waals surface area contributed by atoms with E-state index < -0.39 is 11.9 Å². The fraction of sp³-hybridized carbons (Fsp3) is 0.312. The van der Waals surface area contributed by atoms with Crippen LogP contribution in [0.5, 0.6) is 0 Å². The van der Waals surface area contributed by atoms with Crippen LogP contribution in [0.3, 0.4) is 0 Å². The quantitative estimate of drug-likeness (QED) is 0.921. The molecule has 2 aromatic rings. The molecular weight excluding hydrogens is 258 g/mol. The van der Waals surface area contributed by atoms with Crippen molar-refractivity contribution in [1.82, 2.24) is 10.3 Å². The van der Waals surface area contributed by atoms with Gasteiger partial charge in [0.15, 0.2) is 0 Å². The van der Waals surface area contributed by atoms with Gasteiger partial charge in [0, 0.05) is 11.8 Å². The predicted octanol–water partition coefficient (Wildman–Crippen LogP) is 3.68. The third-order valence-corrected chi connectivity index (χ3v) is 3.24. The Morgan fingerprint density at radius 1 is 1.15 bits per heavy atom. The Balaban J connectivity index is 2.54. The first-order valence-electron chi connectivity index (χ1n) is 6.63. The van der Waals surface area contributed by atoms with Gasteiger partial charge in [-0.05, 0) is 49.2 Å². The number of aromatic nitrogens is 1. The molecule has 1 N–H and O–H groups in total. The Morgan fingerprint density at radius 3 is 2.50 bits per heavy atom. The smallest absolute Gasteiger partial charge is 0.141 e. The number of rotatable bonds is 4. The minimum Gasteiger partial charge on any atom is -0.306 e. The van der Waals surface area contributed by atoms with Gasteiger partial charge in [0.2, 0.25) is 0 Å². The number of aryl methyl sites for hydroxylation is 2. The van der Waals surface area contributed by atoms with E-state index in [2.05, 4.69) is 10.3 Å². The van der Waals surface area contributed by atoms with Gasteiger partial charge < -0.3 is 5.32 Å². The molecule has 1 heterocycles. The Kier molecular flexibility index (Phi) is 4.45. The molecule has 20 heavy (non-hydrogen) atoms. The molecule has 0 bridgehead atoms. The largest absolute Gasteiger partial charge is 0.306 e. The van der Waals surface area contributed by atoms with E-state index in [1.807, 2.05) is 26.8 Å². The summed E-state index contributed by atoms with van der Waals surface area (Å²) in [5.41, 5.74) is 2.89. The molecule has 0 radical (unpaired) electrons. The van der Waals surface area contributed by atoms with Crippen LogP contribution >= 0.6 is 0 Å². The molecule has 0 aliphatic rings. The molecule has 0 aliphatic heterocycles. The van der Waals surface area contributed by atoms with E-state index in [4.69, 9.17) is 0 Å². The number of benzene rings is 1. The van der Waals surface area contributed by atoms with Gasteiger partial charge in [0.1, 0.15) is 11.6 Å². The molecule has 2 rings (SSSR count). The van der Waals surface area contributed by atoms with Gasteiger partial charge in [0.25, 0.3) is 0 Å². The van der Waals surface area contributed by atoms with Crippen LogP contribution < -0.4 is 5.32 Å². The van der Waals surface area contributed by atoms with Crippen molar-refractivity contribution >= 4 is 0 Å². The molecule has 2 nitrogen and oxygen atoms in total. The molecule has 0 amide bonds. The van der Waals surface area contributed by atoms with Crippen molar-refractivity contribution < 1.29 is 8.78 Å². The van der Waals surface area contributed by atoms with Crippen LogP contribution in [0.25, 0.3) is 0 Å². The van der Waals surface area contributed by atoms with Crippen LogP contribution in [0.2, 0.25) is 0 Å². The lowest BCUT2D eigenvalue weighted by molar-refractivity contribution is 0.549. The SMILES string of the molecule is CCNC(c1cncc(F)c1)c1c(C)cc(C)cc1F. The molecule has 4 heteroatoms. The Hall–Kier alpha value is -1.81. The minimum absolute atomic E-state index is 0.280. The molecule has 1 atom stereocenters. The summed E-state index contributed by atoms with van der Waals surface area (Å²) in [6.07, 6.45) is 2.71. The molecular formula is C16H18F2N2. The van der Waals surface area contributed by atoms with Gasteiger partial charge >= 0.3 is 0 Å². The first kappa shape index (κ1) is 14.6. The first-order valence-corrected chi connectivity index (χ1v) is 6.63. The lowest BCUT2D eigenvalue weighted by Crippen LogP contribution is -2.24. The second kappa shape index (κ2) is 6.09. The van der Waals surface area contributed by atoms with Gasteiger partial charge in [-0.25, -0.2) is 8.78 Å². The third kappa shape index (κ3) is 3.02. The monoisotopic (exact) mass is 276 g/mol. The average molecular weight is 276 g/mol. The van der Waals surface area contributed by atoms with Crippen LogP contribution in [-0.2, 0) is 0 Å². The highest BCUT2D eigenvalue weighted by atomic mass is 19.1. The first-order chi connectivity index (χ1) is 9.52. The van der Waals surface area contributed by atoms with Crippen LogP contribution in [0.15, 0.2) is 30.6 Å². The summed E-state index contributed by atoms with van der Waals surface area (Å²) < 4.78 is 27.7. The van der Waals surface area contributed by atoms with E-state index >= 15 is 0 Å². The van der Waals surface area contributed by atoms with Crippen molar-refractivity contribution in [3.63, 3.8) is 0 Å². The van der Waals surface area contributed by atoms with E-state index in [1.54, 1.807) is 6.20 Å². The summed E-state index contributed by atoms with van der Waals surface area (Å²) >= 11 is 0. The zero-order chi connectivity index (χ0) is 14.7. The van der Waals surface area contributed by atoms with Crippen molar-refractivity contribution in [2.24, 2.45) is 0 Å². The summed E-state index contributed by atoms with van der Waals surface area (Å²) in [6.45, 7) is 6.30. The summed E-state index contributed by atoms with van der Waals surface area (Å²) in [5.74, 6) is -0.701. The second-order valence-electron chi connectivity index (χ2n) is 4.90. The highest BCUT2D eigenvalue weighted by molar-refractivity contribution is 5.39. The van der Waals surface area contributed by atoms with Crippen LogP contribution in [-0.4, -0.2) is 11.5 Å². The second-order valence-corrected chi connectivity index (χ2v) is 4.90. The van der Waals surface area contributed by atoms with Crippen molar-refractivity contribution in [3.8, 4) is 0 Å². The highest BCUT2D eigenvalue weighted by Crippen LogP contribution is 2.28. The molecule has 106 valence electrons. The van der Waals surface area contributed by atoms with Crippen LogP contribution in [0.1, 0.15) is 35.2 Å². The fourth-order valence-corrected chi connectivity index (χ4v) is 2.47. The Morgan fingerprint density at radius 2 is 1.90 bits per heavy atom. The number of nitrogens with one attached hydrogen (secondary N) is 1. The Labute approximate surface area is 117 Å². The molecule has 1 unspecified atom stereocenters. The summed E-state index contributed by atoms with van der Waals surface area (Å²) in [6, 6.07) is 4.41. The van der Waals surface area contributed by atoms with Gasteiger partial charge in [0.05, 0.1) is 12.2 Å². The van der Waals surface area contributed by atoms with Crippen LogP contribution in [0, 0.1) is 25.5 Å². The van der Waals surface area contributed by atoms with Gasteiger partial charge in [-0.15, -0.1) is 0 Å². The fourth-order valence-electron chi connectivity index (χ4n) is 2.47. The van der Waals surface area contributed by atoms with E-state index in [-0.39, 0.29) is 5.82 Å². The topological polar surface area (TPSA) is 24.9 Å². The maximum absolute atomic E-state index is 14.3. The van der Waals surface area contributed by atoms with Crippen molar-refractivity contribution in [2.45, 2.75) is 26.8 Å². The molecule has 1 aromatic heterocycles. The lowest BCUT2D eigenvalue weighted by Gasteiger charge is -2.21. The zero-order valence-corrected chi connectivity index (χ0v) is 11.9. The van der Waals surface area contributed by atoms with Crippen LogP contribution in [0.4, 0.5) is 8.78 Å². The van der Waals surface area contributed by atoms with E-state index in [1.165, 1.54) is 12.1 Å². The summed E-state index contributed by atoms with van der Waals surface area (Å²) in [5, 5.41) is 3.20. The molecule has 1 aromatic carbocycles. The number of halogens is 2. The molecule has 0 saturated heterocycles. The normalized spacial score (nSPS) is 12.4. The molecule has 0 aliphatic carbocycles. The zero-order valence-electron chi connectivity index (χ0n) is 11.9. The maximum atomic E-state index is 14.3. The number of nitrogens with zero attached hydrogens (tertiary/aromatic N) is 1. The predicted molar refractivity (Wildman–Crippen MR) is 75.6 cm³/mol. The van der Waals surface area contributed by atoms with E-state index in [0.717, 1.165) is 17.3 Å². The number of hydrogen-bond donors (Lipinski definition) is 1. The average Bonchev–Trinajstić information content (AvgIpc) is 2.36. The van der Waals surface area contributed by atoms with Crippen molar-refractivity contribution in [2.75, 3.05) is 6.54 Å². The summed E-state index contributed by atoms with van der Waals surface area (Å²) in [7, 11) is 0. The van der Waals surface area contributed by atoms with E-state index in [0.29, 0.717) is 17.7 Å². The maximum Gasteiger partial charge on any atom is 0.141 e. The molecule has 0 spiro atoms. The summed E-state index contributed by atoms with van der Waals surface area (Å²) in [4.78, 5) is 3.85. The van der Waals surface area contributed by atoms with Crippen molar-refractivity contribution in [1.29, 1.82) is 0 Å². The Bertz CT molecular complexity index is 588. The number of pyridine rings is 1. The third-order valence-electron chi connectivity index (χ3n) is 3.24.